The van der Waals surface area contributed by atoms with Crippen molar-refractivity contribution < 1.29 is 0 Å². The van der Waals surface area contributed by atoms with Crippen molar-refractivity contribution in [3.8, 4) is 0 Å². The molecule has 0 aliphatic carbocycles. The number of rotatable bonds is 3. The lowest BCUT2D eigenvalue weighted by atomic mass is 10.1. The Hall–Kier alpha value is -1.58. The number of hydrogen-bond acceptors (Lipinski definition) is 3. The minimum Gasteiger partial charge on any atom is -0.226 e. The third-order valence-electron chi connectivity index (χ3n) is 3.34. The number of fused-ring (bicyclic) bond motifs is 1. The standard InChI is InChI=1S/C17H15ClN2S/c1-3-15-19-16(18)11(2)17(20-15)21-14-9-8-12-6-4-5-7-13(12)10-14/h4-10H,3H2,1-2H3. The summed E-state index contributed by atoms with van der Waals surface area (Å²) in [4.78, 5) is 10.0. The summed E-state index contributed by atoms with van der Waals surface area (Å²) < 4.78 is 0. The third kappa shape index (κ3) is 3.04. The van der Waals surface area contributed by atoms with Gasteiger partial charge in [-0.2, -0.15) is 0 Å². The van der Waals surface area contributed by atoms with Crippen molar-refractivity contribution in [3.63, 3.8) is 0 Å². The first-order valence-electron chi connectivity index (χ1n) is 6.87. The molecule has 2 nitrogen and oxygen atoms in total. The molecule has 0 saturated carbocycles. The second-order valence-corrected chi connectivity index (χ2v) is 6.25. The van der Waals surface area contributed by atoms with Crippen LogP contribution in [0.3, 0.4) is 0 Å². The number of aromatic nitrogens is 2. The molecule has 21 heavy (non-hydrogen) atoms. The van der Waals surface area contributed by atoms with Crippen molar-refractivity contribution in [2.45, 2.75) is 30.2 Å². The van der Waals surface area contributed by atoms with E-state index in [0.717, 1.165) is 27.7 Å². The minimum absolute atomic E-state index is 0.546. The van der Waals surface area contributed by atoms with Crippen LogP contribution in [0.4, 0.5) is 0 Å². The molecule has 0 aliphatic heterocycles. The Bertz CT molecular complexity index is 802. The molecule has 4 heteroatoms. The van der Waals surface area contributed by atoms with Crippen molar-refractivity contribution in [2.75, 3.05) is 0 Å². The van der Waals surface area contributed by atoms with E-state index in [9.17, 15) is 0 Å². The van der Waals surface area contributed by atoms with Gasteiger partial charge in [0.1, 0.15) is 16.0 Å². The summed E-state index contributed by atoms with van der Waals surface area (Å²) in [7, 11) is 0. The van der Waals surface area contributed by atoms with Crippen LogP contribution >= 0.6 is 23.4 Å². The van der Waals surface area contributed by atoms with Gasteiger partial charge in [-0.1, -0.05) is 60.6 Å². The van der Waals surface area contributed by atoms with Crippen molar-refractivity contribution in [1.29, 1.82) is 0 Å². The van der Waals surface area contributed by atoms with Crippen molar-refractivity contribution in [2.24, 2.45) is 0 Å². The van der Waals surface area contributed by atoms with E-state index < -0.39 is 0 Å². The first-order valence-corrected chi connectivity index (χ1v) is 8.06. The van der Waals surface area contributed by atoms with E-state index in [1.165, 1.54) is 10.8 Å². The molecule has 0 atom stereocenters. The topological polar surface area (TPSA) is 25.8 Å². The van der Waals surface area contributed by atoms with Crippen molar-refractivity contribution in [1.82, 2.24) is 9.97 Å². The molecule has 0 spiro atoms. The van der Waals surface area contributed by atoms with Gasteiger partial charge >= 0.3 is 0 Å². The lowest BCUT2D eigenvalue weighted by Crippen LogP contribution is -1.98. The maximum absolute atomic E-state index is 6.19. The Morgan fingerprint density at radius 2 is 1.81 bits per heavy atom. The highest BCUT2D eigenvalue weighted by molar-refractivity contribution is 7.99. The highest BCUT2D eigenvalue weighted by Crippen LogP contribution is 2.32. The second-order valence-electron chi connectivity index (χ2n) is 4.83. The smallest absolute Gasteiger partial charge is 0.136 e. The van der Waals surface area contributed by atoms with E-state index >= 15 is 0 Å². The zero-order chi connectivity index (χ0) is 14.8. The molecule has 2 aromatic carbocycles. The zero-order valence-electron chi connectivity index (χ0n) is 11.9. The van der Waals surface area contributed by atoms with E-state index in [1.54, 1.807) is 11.8 Å². The molecule has 0 unspecified atom stereocenters. The molecular weight excluding hydrogens is 300 g/mol. The molecule has 0 radical (unpaired) electrons. The van der Waals surface area contributed by atoms with Gasteiger partial charge in [0.05, 0.1) is 0 Å². The van der Waals surface area contributed by atoms with Crippen LogP contribution in [0.25, 0.3) is 10.8 Å². The Morgan fingerprint density at radius 3 is 2.57 bits per heavy atom. The predicted octanol–water partition coefficient (Wildman–Crippen LogP) is 5.31. The summed E-state index contributed by atoms with van der Waals surface area (Å²) in [5.41, 5.74) is 0.937. The first kappa shape index (κ1) is 14.4. The Labute approximate surface area is 133 Å². The molecule has 0 amide bonds. The summed E-state index contributed by atoms with van der Waals surface area (Å²) in [6, 6.07) is 14.8. The fraction of sp³-hybridized carbons (Fsp3) is 0.176. The first-order chi connectivity index (χ1) is 10.2. The van der Waals surface area contributed by atoms with Crippen LogP contribution in [0.15, 0.2) is 52.4 Å². The van der Waals surface area contributed by atoms with E-state index in [1.807, 2.05) is 13.8 Å². The van der Waals surface area contributed by atoms with Crippen LogP contribution in [0.5, 0.6) is 0 Å². The number of hydrogen-bond donors (Lipinski definition) is 0. The second kappa shape index (κ2) is 6.04. The van der Waals surface area contributed by atoms with Crippen LogP contribution in [0.1, 0.15) is 18.3 Å². The molecular formula is C17H15ClN2S. The fourth-order valence-corrected chi connectivity index (χ4v) is 3.30. The number of nitrogens with zero attached hydrogens (tertiary/aromatic N) is 2. The molecule has 1 heterocycles. The maximum Gasteiger partial charge on any atom is 0.136 e. The van der Waals surface area contributed by atoms with Gasteiger partial charge in [-0.25, -0.2) is 9.97 Å². The molecule has 0 N–H and O–H groups in total. The van der Waals surface area contributed by atoms with Gasteiger partial charge in [0.2, 0.25) is 0 Å². The Balaban J connectivity index is 2.00. The molecule has 0 aliphatic rings. The van der Waals surface area contributed by atoms with Gasteiger partial charge in [0.15, 0.2) is 0 Å². The van der Waals surface area contributed by atoms with Crippen LogP contribution in [0, 0.1) is 6.92 Å². The summed E-state index contributed by atoms with van der Waals surface area (Å²) >= 11 is 7.83. The fourth-order valence-electron chi connectivity index (χ4n) is 2.11. The lowest BCUT2D eigenvalue weighted by Gasteiger charge is -2.08. The average Bonchev–Trinajstić information content (AvgIpc) is 2.51. The molecule has 1 aromatic heterocycles. The highest BCUT2D eigenvalue weighted by Gasteiger charge is 2.10. The normalized spacial score (nSPS) is 11.0. The van der Waals surface area contributed by atoms with E-state index in [4.69, 9.17) is 11.6 Å². The largest absolute Gasteiger partial charge is 0.226 e. The quantitative estimate of drug-likeness (QED) is 0.613. The van der Waals surface area contributed by atoms with Crippen LogP contribution in [-0.2, 0) is 6.42 Å². The van der Waals surface area contributed by atoms with Gasteiger partial charge in [-0.15, -0.1) is 0 Å². The van der Waals surface area contributed by atoms with E-state index in [-0.39, 0.29) is 0 Å². The van der Waals surface area contributed by atoms with Gasteiger partial charge in [0, 0.05) is 16.9 Å². The Morgan fingerprint density at radius 1 is 1.05 bits per heavy atom. The Kier molecular flexibility index (Phi) is 4.13. The molecule has 3 aromatic rings. The SMILES string of the molecule is CCc1nc(Cl)c(C)c(Sc2ccc3ccccc3c2)n1. The molecule has 106 valence electrons. The van der Waals surface area contributed by atoms with Crippen LogP contribution in [0.2, 0.25) is 5.15 Å². The van der Waals surface area contributed by atoms with E-state index in [0.29, 0.717) is 5.15 Å². The van der Waals surface area contributed by atoms with Crippen LogP contribution in [-0.4, -0.2) is 9.97 Å². The van der Waals surface area contributed by atoms with Gasteiger partial charge < -0.3 is 0 Å². The lowest BCUT2D eigenvalue weighted by molar-refractivity contribution is 0.872. The van der Waals surface area contributed by atoms with Gasteiger partial charge in [-0.05, 0) is 29.8 Å². The summed E-state index contributed by atoms with van der Waals surface area (Å²) in [6.45, 7) is 4.00. The number of benzene rings is 2. The molecule has 3 rings (SSSR count). The van der Waals surface area contributed by atoms with Crippen LogP contribution < -0.4 is 0 Å². The van der Waals surface area contributed by atoms with Gasteiger partial charge in [-0.3, -0.25) is 0 Å². The molecule has 0 saturated heterocycles. The summed E-state index contributed by atoms with van der Waals surface area (Å²) in [6.07, 6.45) is 0.783. The zero-order valence-corrected chi connectivity index (χ0v) is 13.5. The highest BCUT2D eigenvalue weighted by atomic mass is 35.5. The summed E-state index contributed by atoms with van der Waals surface area (Å²) in [5.74, 6) is 0.786. The predicted molar refractivity (Wildman–Crippen MR) is 89.2 cm³/mol. The van der Waals surface area contributed by atoms with E-state index in [2.05, 4.69) is 52.4 Å². The third-order valence-corrected chi connectivity index (χ3v) is 4.79. The summed E-state index contributed by atoms with van der Waals surface area (Å²) in [5, 5.41) is 3.96. The maximum atomic E-state index is 6.19. The minimum atomic E-state index is 0.546. The van der Waals surface area contributed by atoms with Gasteiger partial charge in [0.25, 0.3) is 0 Å². The average molecular weight is 315 g/mol. The number of aryl methyl sites for hydroxylation is 1. The monoisotopic (exact) mass is 314 g/mol. The van der Waals surface area contributed by atoms with Crippen molar-refractivity contribution in [3.05, 3.63) is 59.0 Å². The molecule has 0 bridgehead atoms. The molecule has 0 fully saturated rings. The van der Waals surface area contributed by atoms with Crippen molar-refractivity contribution >= 4 is 34.1 Å². The number of halogens is 1.